The zero-order valence-corrected chi connectivity index (χ0v) is 11.8. The molecule has 0 atom stereocenters. The maximum atomic E-state index is 12.8. The van der Waals surface area contributed by atoms with Gasteiger partial charge in [-0.1, -0.05) is 35.9 Å². The predicted octanol–water partition coefficient (Wildman–Crippen LogP) is 4.16. The van der Waals surface area contributed by atoms with E-state index in [0.717, 1.165) is 18.2 Å². The van der Waals surface area contributed by atoms with Crippen molar-refractivity contribution in [3.05, 3.63) is 64.2 Å². The molecular formula is C15H9ClF3N3. The molecule has 112 valence electrons. The highest BCUT2D eigenvalue weighted by Crippen LogP contribution is 2.35. The fourth-order valence-corrected chi connectivity index (χ4v) is 2.27. The molecule has 1 aliphatic heterocycles. The van der Waals surface area contributed by atoms with Crippen molar-refractivity contribution in [1.29, 1.82) is 0 Å². The molecule has 2 aromatic rings. The van der Waals surface area contributed by atoms with Crippen LogP contribution in [-0.4, -0.2) is 11.7 Å². The fraction of sp³-hybridized carbons (Fsp3) is 0.0667. The van der Waals surface area contributed by atoms with E-state index in [9.17, 15) is 13.2 Å². The number of hydrogen-bond donors (Lipinski definition) is 1. The normalized spacial score (nSPS) is 15.8. The summed E-state index contributed by atoms with van der Waals surface area (Å²) in [5.41, 5.74) is 6.32. The third-order valence-electron chi connectivity index (χ3n) is 3.17. The second-order valence-electron chi connectivity index (χ2n) is 4.64. The number of rotatable bonds is 1. The van der Waals surface area contributed by atoms with E-state index in [1.165, 1.54) is 0 Å². The Morgan fingerprint density at radius 2 is 1.73 bits per heavy atom. The summed E-state index contributed by atoms with van der Waals surface area (Å²) < 4.78 is 38.3. The van der Waals surface area contributed by atoms with Crippen LogP contribution in [-0.2, 0) is 6.18 Å². The van der Waals surface area contributed by atoms with E-state index >= 15 is 0 Å². The van der Waals surface area contributed by atoms with Crippen LogP contribution in [0, 0.1) is 0 Å². The minimum absolute atomic E-state index is 0.000236. The Morgan fingerprint density at radius 3 is 2.41 bits per heavy atom. The molecule has 7 heteroatoms. The standard InChI is InChI=1S/C15H9ClF3N3/c16-11-6-5-8(15(17,18)19)7-12(11)21-14-10-4-2-1-3-9(10)13(20)22-14/h1-7H,(H2,20,21,22). The monoisotopic (exact) mass is 323 g/mol. The van der Waals surface area contributed by atoms with Gasteiger partial charge in [0.05, 0.1) is 16.3 Å². The average Bonchev–Trinajstić information content (AvgIpc) is 2.77. The molecule has 0 radical (unpaired) electrons. The van der Waals surface area contributed by atoms with E-state index in [4.69, 9.17) is 17.3 Å². The highest BCUT2D eigenvalue weighted by Gasteiger charge is 2.31. The number of amidine groups is 2. The lowest BCUT2D eigenvalue weighted by Gasteiger charge is -2.08. The average molecular weight is 324 g/mol. The molecule has 0 aromatic heterocycles. The number of halogens is 4. The van der Waals surface area contributed by atoms with Crippen LogP contribution >= 0.6 is 11.6 Å². The third-order valence-corrected chi connectivity index (χ3v) is 3.49. The second-order valence-corrected chi connectivity index (χ2v) is 5.05. The van der Waals surface area contributed by atoms with E-state index < -0.39 is 11.7 Å². The summed E-state index contributed by atoms with van der Waals surface area (Å²) in [7, 11) is 0. The Morgan fingerprint density at radius 1 is 1.05 bits per heavy atom. The summed E-state index contributed by atoms with van der Waals surface area (Å²) in [6, 6.07) is 10.0. The Kier molecular flexibility index (Phi) is 3.41. The second kappa shape index (κ2) is 5.14. The van der Waals surface area contributed by atoms with Crippen LogP contribution in [0.2, 0.25) is 5.02 Å². The van der Waals surface area contributed by atoms with Crippen LogP contribution in [0.3, 0.4) is 0 Å². The highest BCUT2D eigenvalue weighted by molar-refractivity contribution is 6.33. The number of alkyl halides is 3. The van der Waals surface area contributed by atoms with Gasteiger partial charge in [0.2, 0.25) is 0 Å². The number of nitrogens with zero attached hydrogens (tertiary/aromatic N) is 2. The molecule has 0 saturated heterocycles. The first-order valence-corrected chi connectivity index (χ1v) is 6.63. The molecule has 0 unspecified atom stereocenters. The Balaban J connectivity index is 2.11. The summed E-state index contributed by atoms with van der Waals surface area (Å²) in [5, 5.41) is 0.110. The first kappa shape index (κ1) is 14.6. The molecular weight excluding hydrogens is 315 g/mol. The van der Waals surface area contributed by atoms with Gasteiger partial charge in [-0.2, -0.15) is 13.2 Å². The molecule has 0 saturated carbocycles. The van der Waals surface area contributed by atoms with Crippen molar-refractivity contribution in [2.45, 2.75) is 6.18 Å². The van der Waals surface area contributed by atoms with Crippen molar-refractivity contribution in [3.63, 3.8) is 0 Å². The van der Waals surface area contributed by atoms with E-state index in [0.29, 0.717) is 11.1 Å². The first-order chi connectivity index (χ1) is 10.4. The van der Waals surface area contributed by atoms with E-state index in [1.807, 2.05) is 0 Å². The SMILES string of the molecule is NC1=NC(=Nc2cc(C(F)(F)F)ccc2Cl)c2ccccc21. The van der Waals surface area contributed by atoms with Gasteiger partial charge in [0.15, 0.2) is 5.84 Å². The topological polar surface area (TPSA) is 50.7 Å². The molecule has 3 nitrogen and oxygen atoms in total. The Bertz CT molecular complexity index is 810. The fourth-order valence-electron chi connectivity index (χ4n) is 2.11. The lowest BCUT2D eigenvalue weighted by atomic mass is 10.1. The van der Waals surface area contributed by atoms with Crippen molar-refractivity contribution >= 4 is 29.0 Å². The van der Waals surface area contributed by atoms with Gasteiger partial charge < -0.3 is 5.73 Å². The molecule has 3 rings (SSSR count). The van der Waals surface area contributed by atoms with Gasteiger partial charge in [-0.05, 0) is 18.2 Å². The van der Waals surface area contributed by atoms with Crippen molar-refractivity contribution in [2.75, 3.05) is 0 Å². The first-order valence-electron chi connectivity index (χ1n) is 6.25. The maximum absolute atomic E-state index is 12.8. The van der Waals surface area contributed by atoms with Gasteiger partial charge in [0.25, 0.3) is 0 Å². The zero-order chi connectivity index (χ0) is 15.9. The number of aliphatic imine (C=N–C) groups is 2. The molecule has 0 aliphatic carbocycles. The Hall–Kier alpha value is -2.34. The quantitative estimate of drug-likeness (QED) is 0.842. The minimum Gasteiger partial charge on any atom is -0.383 e. The van der Waals surface area contributed by atoms with E-state index in [1.54, 1.807) is 24.3 Å². The van der Waals surface area contributed by atoms with Crippen LogP contribution in [0.15, 0.2) is 52.4 Å². The molecule has 1 heterocycles. The summed E-state index contributed by atoms with van der Waals surface area (Å²) in [5.74, 6) is 0.520. The van der Waals surface area contributed by atoms with Crippen molar-refractivity contribution < 1.29 is 13.2 Å². The van der Waals surface area contributed by atoms with Gasteiger partial charge in [0.1, 0.15) is 5.84 Å². The molecule has 1 aliphatic rings. The molecule has 0 fully saturated rings. The van der Waals surface area contributed by atoms with Crippen LogP contribution in [0.1, 0.15) is 16.7 Å². The zero-order valence-electron chi connectivity index (χ0n) is 11.0. The third kappa shape index (κ3) is 2.57. The number of fused-ring (bicyclic) bond motifs is 1. The van der Waals surface area contributed by atoms with Crippen molar-refractivity contribution in [3.8, 4) is 0 Å². The lowest BCUT2D eigenvalue weighted by Crippen LogP contribution is -2.09. The van der Waals surface area contributed by atoms with Crippen LogP contribution in [0.25, 0.3) is 0 Å². The molecule has 0 spiro atoms. The largest absolute Gasteiger partial charge is 0.416 e. The van der Waals surface area contributed by atoms with E-state index in [2.05, 4.69) is 9.98 Å². The highest BCUT2D eigenvalue weighted by atomic mass is 35.5. The van der Waals surface area contributed by atoms with Gasteiger partial charge in [0, 0.05) is 11.1 Å². The number of nitrogens with two attached hydrogens (primary N) is 1. The molecule has 2 N–H and O–H groups in total. The van der Waals surface area contributed by atoms with Gasteiger partial charge in [-0.3, -0.25) is 0 Å². The number of benzene rings is 2. The van der Waals surface area contributed by atoms with Crippen LogP contribution in [0.4, 0.5) is 18.9 Å². The smallest absolute Gasteiger partial charge is 0.383 e. The molecule has 0 bridgehead atoms. The van der Waals surface area contributed by atoms with Gasteiger partial charge >= 0.3 is 6.18 Å². The summed E-state index contributed by atoms with van der Waals surface area (Å²) in [4.78, 5) is 8.23. The summed E-state index contributed by atoms with van der Waals surface area (Å²) in [6.45, 7) is 0. The maximum Gasteiger partial charge on any atom is 0.416 e. The van der Waals surface area contributed by atoms with Crippen molar-refractivity contribution in [2.24, 2.45) is 15.7 Å². The van der Waals surface area contributed by atoms with Gasteiger partial charge in [-0.25, -0.2) is 9.98 Å². The summed E-state index contributed by atoms with van der Waals surface area (Å²) in [6.07, 6.45) is -4.46. The van der Waals surface area contributed by atoms with E-state index in [-0.39, 0.29) is 22.4 Å². The lowest BCUT2D eigenvalue weighted by molar-refractivity contribution is -0.137. The van der Waals surface area contributed by atoms with Crippen LogP contribution in [0.5, 0.6) is 0 Å². The van der Waals surface area contributed by atoms with Crippen LogP contribution < -0.4 is 5.73 Å². The van der Waals surface area contributed by atoms with Crippen molar-refractivity contribution in [1.82, 2.24) is 0 Å². The summed E-state index contributed by atoms with van der Waals surface area (Å²) >= 11 is 5.93. The number of hydrogen-bond acceptors (Lipinski definition) is 2. The Labute approximate surface area is 129 Å². The molecule has 22 heavy (non-hydrogen) atoms. The predicted molar refractivity (Wildman–Crippen MR) is 79.8 cm³/mol. The van der Waals surface area contributed by atoms with Gasteiger partial charge in [-0.15, -0.1) is 0 Å². The molecule has 2 aromatic carbocycles. The molecule has 0 amide bonds. The minimum atomic E-state index is -4.46.